The maximum atomic E-state index is 12.4. The van der Waals surface area contributed by atoms with Crippen molar-refractivity contribution in [2.75, 3.05) is 13.2 Å². The molecule has 0 aromatic carbocycles. The number of hydrogen-bond donors (Lipinski definition) is 3. The van der Waals surface area contributed by atoms with Crippen molar-refractivity contribution in [3.63, 3.8) is 0 Å². The normalized spacial score (nSPS) is 14.2. The van der Waals surface area contributed by atoms with Gasteiger partial charge in [0.25, 0.3) is 0 Å². The fourth-order valence-electron chi connectivity index (χ4n) is 4.44. The maximum absolute atomic E-state index is 12.4. The minimum absolute atomic E-state index is 0.147. The molecule has 0 aromatic heterocycles. The van der Waals surface area contributed by atoms with Crippen LogP contribution in [-0.2, 0) is 28.2 Å². The van der Waals surface area contributed by atoms with Crippen LogP contribution < -0.4 is 0 Å². The van der Waals surface area contributed by atoms with Gasteiger partial charge >= 0.3 is 19.8 Å². The lowest BCUT2D eigenvalue weighted by atomic mass is 10.1. The highest BCUT2D eigenvalue weighted by molar-refractivity contribution is 7.46. The van der Waals surface area contributed by atoms with Crippen molar-refractivity contribution in [3.05, 3.63) is 97.2 Å². The van der Waals surface area contributed by atoms with Crippen LogP contribution in [0.3, 0.4) is 0 Å². The lowest BCUT2D eigenvalue weighted by Crippen LogP contribution is -2.29. The number of rotatable bonds is 32. The van der Waals surface area contributed by atoms with E-state index < -0.39 is 38.6 Å². The predicted molar refractivity (Wildman–Crippen MR) is 208 cm³/mol. The average molecular weight is 733 g/mol. The molecule has 0 bridgehead atoms. The van der Waals surface area contributed by atoms with Crippen LogP contribution in [0.2, 0.25) is 0 Å². The molecule has 0 spiro atoms. The van der Waals surface area contributed by atoms with Crippen LogP contribution in [-0.4, -0.2) is 52.3 Å². The van der Waals surface area contributed by atoms with Crippen LogP contribution in [0, 0.1) is 0 Å². The van der Waals surface area contributed by atoms with E-state index in [0.29, 0.717) is 25.7 Å². The Morgan fingerprint density at radius 3 is 1.76 bits per heavy atom. The molecule has 3 N–H and O–H groups in total. The number of phosphoric acid groups is 1. The van der Waals surface area contributed by atoms with Gasteiger partial charge in [0.2, 0.25) is 0 Å². The largest absolute Gasteiger partial charge is 0.469 e. The Bertz CT molecular complexity index is 1160. The number of phosphoric ester groups is 1. The lowest BCUT2D eigenvalue weighted by molar-refractivity contribution is -0.161. The molecule has 2 atom stereocenters. The minimum atomic E-state index is -4.79. The SMILES string of the molecule is CC/C=C\C/C=C\C/C=C\C/C=C\C/C=C\CCCC(=O)OC[C@H](COP(=O)(O)O)OC(=O)CCCCCCC/C=C/C=C/C(O)C/C=C/CC. The molecule has 0 heterocycles. The third kappa shape index (κ3) is 38.0. The number of aliphatic hydroxyl groups excluding tert-OH is 1. The van der Waals surface area contributed by atoms with Crippen molar-refractivity contribution >= 4 is 19.8 Å². The first-order valence-corrected chi connectivity index (χ1v) is 20.2. The van der Waals surface area contributed by atoms with Crippen molar-refractivity contribution in [2.24, 2.45) is 0 Å². The summed E-state index contributed by atoms with van der Waals surface area (Å²) in [5, 5.41) is 9.83. The van der Waals surface area contributed by atoms with Crippen molar-refractivity contribution in [1.29, 1.82) is 0 Å². The summed E-state index contributed by atoms with van der Waals surface area (Å²) < 4.78 is 26.2. The Labute approximate surface area is 307 Å². The standard InChI is InChI=1S/C41H65O9P/c1-3-5-7-8-9-10-11-12-13-14-15-16-17-20-23-26-30-34-40(43)48-36-39(37-49-51(45,46)47)50-41(44)35-31-27-24-21-18-19-22-25-29-33-38(42)32-28-6-4-2/h5-7,9-10,12-13,15-16,20,22-23,25,28-29,33,38-39,42H,3-4,8,11,14,17-19,21,24,26-27,30-32,34-37H2,1-2H3,(H2,45,46,47)/b7-5-,10-9-,13-12-,16-15-,23-20-,25-22+,28-6+,33-29+/t38?,39-/m1/s1. The van der Waals surface area contributed by atoms with E-state index in [-0.39, 0.29) is 19.4 Å². The van der Waals surface area contributed by atoms with Gasteiger partial charge in [0.1, 0.15) is 6.61 Å². The third-order valence-electron chi connectivity index (χ3n) is 7.18. The van der Waals surface area contributed by atoms with Gasteiger partial charge in [-0.2, -0.15) is 0 Å². The number of hydrogen-bond acceptors (Lipinski definition) is 7. The zero-order valence-corrected chi connectivity index (χ0v) is 32.0. The van der Waals surface area contributed by atoms with E-state index in [1.54, 1.807) is 6.08 Å². The van der Waals surface area contributed by atoms with E-state index in [4.69, 9.17) is 19.3 Å². The Hall–Kier alpha value is -3.07. The molecule has 288 valence electrons. The van der Waals surface area contributed by atoms with E-state index in [1.165, 1.54) is 0 Å². The van der Waals surface area contributed by atoms with Gasteiger partial charge in [0.15, 0.2) is 6.10 Å². The zero-order valence-electron chi connectivity index (χ0n) is 31.1. The van der Waals surface area contributed by atoms with Crippen molar-refractivity contribution < 1.29 is 43.0 Å². The van der Waals surface area contributed by atoms with Crippen molar-refractivity contribution in [1.82, 2.24) is 0 Å². The first-order chi connectivity index (χ1) is 24.7. The first-order valence-electron chi connectivity index (χ1n) is 18.6. The summed E-state index contributed by atoms with van der Waals surface area (Å²) >= 11 is 0. The first kappa shape index (κ1) is 47.9. The van der Waals surface area contributed by atoms with Crippen LogP contribution >= 0.6 is 7.82 Å². The van der Waals surface area contributed by atoms with Crippen LogP contribution in [0.25, 0.3) is 0 Å². The Morgan fingerprint density at radius 2 is 1.14 bits per heavy atom. The van der Waals surface area contributed by atoms with Crippen molar-refractivity contribution in [2.45, 2.75) is 135 Å². The van der Waals surface area contributed by atoms with Gasteiger partial charge in [-0.25, -0.2) is 4.57 Å². The van der Waals surface area contributed by atoms with Gasteiger partial charge < -0.3 is 24.4 Å². The molecule has 1 unspecified atom stereocenters. The highest BCUT2D eigenvalue weighted by Crippen LogP contribution is 2.35. The zero-order chi connectivity index (χ0) is 37.7. The van der Waals surface area contributed by atoms with Gasteiger partial charge in [-0.3, -0.25) is 14.1 Å². The second kappa shape index (κ2) is 35.3. The van der Waals surface area contributed by atoms with E-state index in [2.05, 4.69) is 73.1 Å². The van der Waals surface area contributed by atoms with E-state index in [1.807, 2.05) is 36.5 Å². The molecule has 0 aliphatic carbocycles. The number of carbonyl (C=O) groups is 2. The summed E-state index contributed by atoms with van der Waals surface area (Å²) in [5.74, 6) is -1.02. The predicted octanol–water partition coefficient (Wildman–Crippen LogP) is 10.0. The number of carbonyl (C=O) groups excluding carboxylic acids is 2. The molecule has 0 saturated carbocycles. The summed E-state index contributed by atoms with van der Waals surface area (Å²) in [5.41, 5.74) is 0. The van der Waals surface area contributed by atoms with E-state index in [9.17, 15) is 19.3 Å². The number of aliphatic hydroxyl groups is 1. The Kier molecular flexibility index (Phi) is 33.2. The fraction of sp³-hybridized carbons (Fsp3) is 0.561. The molecule has 9 nitrogen and oxygen atoms in total. The molecule has 0 fully saturated rings. The van der Waals surface area contributed by atoms with Crippen LogP contribution in [0.4, 0.5) is 0 Å². The second-order valence-corrected chi connectivity index (χ2v) is 13.2. The molecule has 0 rings (SSSR count). The van der Waals surface area contributed by atoms with Gasteiger partial charge in [-0.05, 0) is 77.0 Å². The fourth-order valence-corrected chi connectivity index (χ4v) is 4.80. The Balaban J connectivity index is 4.17. The number of ether oxygens (including phenoxy) is 2. The lowest BCUT2D eigenvalue weighted by Gasteiger charge is -2.18. The maximum Gasteiger partial charge on any atom is 0.469 e. The van der Waals surface area contributed by atoms with Gasteiger partial charge in [0.05, 0.1) is 12.7 Å². The van der Waals surface area contributed by atoms with Crippen LogP contribution in [0.15, 0.2) is 97.2 Å². The summed E-state index contributed by atoms with van der Waals surface area (Å²) in [4.78, 5) is 42.7. The van der Waals surface area contributed by atoms with Crippen molar-refractivity contribution in [3.8, 4) is 0 Å². The smallest absolute Gasteiger partial charge is 0.462 e. The molecule has 51 heavy (non-hydrogen) atoms. The molecular weight excluding hydrogens is 667 g/mol. The summed E-state index contributed by atoms with van der Waals surface area (Å²) in [6.07, 6.45) is 44.6. The highest BCUT2D eigenvalue weighted by Gasteiger charge is 2.22. The topological polar surface area (TPSA) is 140 Å². The third-order valence-corrected chi connectivity index (χ3v) is 7.66. The summed E-state index contributed by atoms with van der Waals surface area (Å²) in [6, 6.07) is 0. The molecule has 0 aliphatic heterocycles. The van der Waals surface area contributed by atoms with Gasteiger partial charge in [-0.1, -0.05) is 130 Å². The summed E-state index contributed by atoms with van der Waals surface area (Å²) in [6.45, 7) is 3.26. The molecule has 0 radical (unpaired) electrons. The minimum Gasteiger partial charge on any atom is -0.462 e. The average Bonchev–Trinajstić information content (AvgIpc) is 3.09. The van der Waals surface area contributed by atoms with E-state index >= 15 is 0 Å². The molecule has 0 amide bonds. The number of unbranched alkanes of at least 4 members (excludes halogenated alkanes) is 6. The van der Waals surface area contributed by atoms with Crippen LogP contribution in [0.5, 0.6) is 0 Å². The molecule has 10 heteroatoms. The molecule has 0 aliphatic rings. The number of allylic oxidation sites excluding steroid dienone is 14. The molecule has 0 aromatic rings. The monoisotopic (exact) mass is 732 g/mol. The second-order valence-electron chi connectivity index (χ2n) is 12.0. The quantitative estimate of drug-likeness (QED) is 0.0203. The van der Waals surface area contributed by atoms with Crippen LogP contribution in [0.1, 0.15) is 123 Å². The molecular formula is C41H65O9P. The Morgan fingerprint density at radius 1 is 0.608 bits per heavy atom. The van der Waals surface area contributed by atoms with Gasteiger partial charge in [0, 0.05) is 12.8 Å². The summed E-state index contributed by atoms with van der Waals surface area (Å²) in [7, 11) is -4.79. The molecule has 0 saturated heterocycles. The van der Waals surface area contributed by atoms with E-state index in [0.717, 1.165) is 70.6 Å². The van der Waals surface area contributed by atoms with Gasteiger partial charge in [-0.15, -0.1) is 0 Å². The highest BCUT2D eigenvalue weighted by atomic mass is 31.2. The number of esters is 2.